The maximum Gasteiger partial charge on any atom is 0.276 e. The number of hydrogen-bond acceptors (Lipinski definition) is 2. The van der Waals surface area contributed by atoms with E-state index in [-0.39, 0.29) is 17.2 Å². The van der Waals surface area contributed by atoms with Crippen molar-refractivity contribution in [2.75, 3.05) is 6.54 Å². The van der Waals surface area contributed by atoms with Crippen molar-refractivity contribution in [1.29, 1.82) is 0 Å². The number of amides is 2. The van der Waals surface area contributed by atoms with Crippen molar-refractivity contribution in [3.05, 3.63) is 0 Å². The summed E-state index contributed by atoms with van der Waals surface area (Å²) in [5.41, 5.74) is 0. The summed E-state index contributed by atoms with van der Waals surface area (Å²) in [6, 6.07) is -0.0718. The van der Waals surface area contributed by atoms with E-state index in [9.17, 15) is 9.59 Å². The number of carbonyl (C=O) groups excluding carboxylic acids is 2. The molecule has 10 heavy (non-hydrogen) atoms. The minimum absolute atomic E-state index is 0.0212. The summed E-state index contributed by atoms with van der Waals surface area (Å²) in [5.74, 6) is -0.0212. The van der Waals surface area contributed by atoms with E-state index in [2.05, 4.69) is 23.3 Å². The lowest BCUT2D eigenvalue weighted by Crippen LogP contribution is -2.32. The molecule has 0 saturated carbocycles. The smallest absolute Gasteiger partial charge is 0.276 e. The second-order valence-electron chi connectivity index (χ2n) is 2.15. The predicted octanol–water partition coefficient (Wildman–Crippen LogP) is -0.486. The van der Waals surface area contributed by atoms with Crippen molar-refractivity contribution in [3.8, 4) is 0 Å². The highest BCUT2D eigenvalue weighted by atomic mass is 32.1. The van der Waals surface area contributed by atoms with Gasteiger partial charge in [-0.15, -0.1) is 0 Å². The van der Waals surface area contributed by atoms with Crippen LogP contribution in [0.15, 0.2) is 0 Å². The minimum Gasteiger partial charge on any atom is -0.354 e. The summed E-state index contributed by atoms with van der Waals surface area (Å²) >= 11 is 3.51. The van der Waals surface area contributed by atoms with Crippen molar-refractivity contribution in [3.63, 3.8) is 0 Å². The van der Waals surface area contributed by atoms with Gasteiger partial charge in [0.05, 0.1) is 6.04 Å². The molecule has 0 aromatic heterocycles. The van der Waals surface area contributed by atoms with Crippen LogP contribution >= 0.6 is 12.6 Å². The van der Waals surface area contributed by atoms with Crippen LogP contribution in [-0.4, -0.2) is 23.7 Å². The molecule has 5 heteroatoms. The summed E-state index contributed by atoms with van der Waals surface area (Å²) in [6.07, 6.45) is 0.367. The fourth-order valence-electron chi connectivity index (χ4n) is 0.882. The van der Waals surface area contributed by atoms with Crippen molar-refractivity contribution in [1.82, 2.24) is 10.6 Å². The monoisotopic (exact) mass is 160 g/mol. The van der Waals surface area contributed by atoms with Crippen LogP contribution in [0.25, 0.3) is 0 Å². The van der Waals surface area contributed by atoms with E-state index in [0.717, 1.165) is 0 Å². The van der Waals surface area contributed by atoms with E-state index in [0.29, 0.717) is 13.0 Å². The highest BCUT2D eigenvalue weighted by molar-refractivity contribution is 7.96. The average Bonchev–Trinajstić information content (AvgIpc) is 2.13. The van der Waals surface area contributed by atoms with Crippen LogP contribution in [0.4, 0.5) is 4.79 Å². The molecule has 56 valence electrons. The third-order valence-electron chi connectivity index (χ3n) is 1.31. The van der Waals surface area contributed by atoms with Gasteiger partial charge in [-0.1, -0.05) is 12.6 Å². The Morgan fingerprint density at radius 2 is 2.50 bits per heavy atom. The summed E-state index contributed by atoms with van der Waals surface area (Å²) in [6.45, 7) is 0.519. The second kappa shape index (κ2) is 2.92. The Hall–Kier alpha value is -0.710. The third-order valence-corrected chi connectivity index (χ3v) is 1.43. The van der Waals surface area contributed by atoms with Crippen LogP contribution in [0.1, 0.15) is 6.42 Å². The Bertz CT molecular complexity index is 171. The first-order chi connectivity index (χ1) is 4.68. The molecule has 4 nitrogen and oxygen atoms in total. The first-order valence-corrected chi connectivity index (χ1v) is 3.39. The Labute approximate surface area is 63.8 Å². The molecule has 1 aliphatic rings. The first kappa shape index (κ1) is 7.40. The molecular formula is C5H8N2O2S. The Morgan fingerprint density at radius 1 is 1.80 bits per heavy atom. The van der Waals surface area contributed by atoms with Gasteiger partial charge >= 0.3 is 0 Å². The van der Waals surface area contributed by atoms with Crippen molar-refractivity contribution in [2.24, 2.45) is 0 Å². The van der Waals surface area contributed by atoms with Gasteiger partial charge in [0.1, 0.15) is 0 Å². The normalized spacial score (nSPS) is 24.1. The zero-order chi connectivity index (χ0) is 7.56. The number of hydrogen-bond donors (Lipinski definition) is 3. The molecule has 1 aliphatic heterocycles. The maximum absolute atomic E-state index is 10.5. The van der Waals surface area contributed by atoms with Gasteiger partial charge in [-0.2, -0.15) is 0 Å². The van der Waals surface area contributed by atoms with E-state index in [1.807, 2.05) is 0 Å². The molecule has 2 N–H and O–H groups in total. The van der Waals surface area contributed by atoms with Crippen LogP contribution in [0.5, 0.6) is 0 Å². The summed E-state index contributed by atoms with van der Waals surface area (Å²) in [4.78, 5) is 20.9. The maximum atomic E-state index is 10.5. The molecule has 0 bridgehead atoms. The van der Waals surface area contributed by atoms with E-state index >= 15 is 0 Å². The Kier molecular flexibility index (Phi) is 2.16. The second-order valence-corrected chi connectivity index (χ2v) is 2.56. The van der Waals surface area contributed by atoms with E-state index in [4.69, 9.17) is 0 Å². The van der Waals surface area contributed by atoms with E-state index < -0.39 is 0 Å². The molecule has 1 atom stereocenters. The number of rotatable bonds is 1. The van der Waals surface area contributed by atoms with Gasteiger partial charge in [0.15, 0.2) is 0 Å². The van der Waals surface area contributed by atoms with Crippen molar-refractivity contribution in [2.45, 2.75) is 12.5 Å². The Balaban J connectivity index is 2.31. The third kappa shape index (κ3) is 1.91. The van der Waals surface area contributed by atoms with Gasteiger partial charge in [0.25, 0.3) is 5.24 Å². The van der Waals surface area contributed by atoms with Crippen LogP contribution in [0.3, 0.4) is 0 Å². The minimum atomic E-state index is -0.387. The van der Waals surface area contributed by atoms with Gasteiger partial charge < -0.3 is 10.6 Å². The van der Waals surface area contributed by atoms with E-state index in [1.54, 1.807) is 0 Å². The molecule has 0 unspecified atom stereocenters. The number of nitrogens with one attached hydrogen (secondary N) is 2. The zero-order valence-corrected chi connectivity index (χ0v) is 6.15. The summed E-state index contributed by atoms with van der Waals surface area (Å²) < 4.78 is 0. The van der Waals surface area contributed by atoms with E-state index in [1.165, 1.54) is 0 Å². The SMILES string of the molecule is O=C(S)N[C@H]1CNC(=O)C1. The molecule has 1 saturated heterocycles. The first-order valence-electron chi connectivity index (χ1n) is 2.94. The molecule has 0 aromatic carbocycles. The van der Waals surface area contributed by atoms with Crippen LogP contribution in [0.2, 0.25) is 0 Å². The van der Waals surface area contributed by atoms with Gasteiger partial charge in [-0.05, 0) is 0 Å². The van der Waals surface area contributed by atoms with Crippen LogP contribution in [-0.2, 0) is 4.79 Å². The largest absolute Gasteiger partial charge is 0.354 e. The molecule has 1 rings (SSSR count). The molecular weight excluding hydrogens is 152 g/mol. The number of thiol groups is 1. The quantitative estimate of drug-likeness (QED) is 0.453. The fraction of sp³-hybridized carbons (Fsp3) is 0.600. The average molecular weight is 160 g/mol. The highest BCUT2D eigenvalue weighted by Gasteiger charge is 2.21. The molecule has 2 amide bonds. The molecule has 0 spiro atoms. The van der Waals surface area contributed by atoms with Gasteiger partial charge in [-0.25, -0.2) is 0 Å². The Morgan fingerprint density at radius 3 is 2.90 bits per heavy atom. The lowest BCUT2D eigenvalue weighted by Gasteiger charge is -2.05. The lowest BCUT2D eigenvalue weighted by molar-refractivity contribution is -0.119. The standard InChI is InChI=1S/C5H8N2O2S/c8-4-1-3(2-6-4)7-5(9)10/h3H,1-2H2,(H,6,8)(H2,7,9,10)/t3-/m1/s1. The topological polar surface area (TPSA) is 58.2 Å². The number of carbonyl (C=O) groups is 2. The molecule has 1 fully saturated rings. The summed E-state index contributed by atoms with van der Waals surface area (Å²) in [7, 11) is 0. The summed E-state index contributed by atoms with van der Waals surface area (Å²) in [5, 5.41) is 4.71. The van der Waals surface area contributed by atoms with Crippen molar-refractivity contribution >= 4 is 23.8 Å². The van der Waals surface area contributed by atoms with Gasteiger partial charge in [0, 0.05) is 13.0 Å². The lowest BCUT2D eigenvalue weighted by atomic mass is 10.3. The molecule has 0 aromatic rings. The molecule has 1 heterocycles. The van der Waals surface area contributed by atoms with Gasteiger partial charge in [-0.3, -0.25) is 9.59 Å². The van der Waals surface area contributed by atoms with Crippen LogP contribution in [0, 0.1) is 0 Å². The van der Waals surface area contributed by atoms with Gasteiger partial charge in [0.2, 0.25) is 5.91 Å². The van der Waals surface area contributed by atoms with Crippen LogP contribution < -0.4 is 10.6 Å². The highest BCUT2D eigenvalue weighted by Crippen LogP contribution is 1.99. The molecule has 0 aliphatic carbocycles. The molecule has 0 radical (unpaired) electrons. The zero-order valence-electron chi connectivity index (χ0n) is 5.26. The fourth-order valence-corrected chi connectivity index (χ4v) is 1.06. The predicted molar refractivity (Wildman–Crippen MR) is 38.9 cm³/mol. The van der Waals surface area contributed by atoms with Crippen molar-refractivity contribution < 1.29 is 9.59 Å².